The lowest BCUT2D eigenvalue weighted by Gasteiger charge is -2.25. The van der Waals surface area contributed by atoms with Gasteiger partial charge in [0.15, 0.2) is 0 Å². The molecule has 2 amide bonds. The summed E-state index contributed by atoms with van der Waals surface area (Å²) in [6, 6.07) is 21.0. The summed E-state index contributed by atoms with van der Waals surface area (Å²) in [5.74, 6) is -0.101. The molecular formula is C29H27ClN4O3. The predicted molar refractivity (Wildman–Crippen MR) is 144 cm³/mol. The maximum Gasteiger partial charge on any atom is 0.342 e. The van der Waals surface area contributed by atoms with E-state index in [1.165, 1.54) is 10.7 Å². The number of carbonyl (C=O) groups excluding carboxylic acids is 2. The molecular weight excluding hydrogens is 488 g/mol. The van der Waals surface area contributed by atoms with Crippen molar-refractivity contribution in [3.8, 4) is 17.0 Å². The fraction of sp³-hybridized carbons (Fsp3) is 0.207. The topological polar surface area (TPSA) is 96.3 Å². The SMILES string of the molecule is Cc1cccc(CNC(=O)n2nc(-c3ccc(NC(=O)c4ccc(Cl)cc4)cc3O)cc2C2CCC2)c1. The molecule has 0 unspecified atom stereocenters. The number of rotatable bonds is 6. The van der Waals surface area contributed by atoms with E-state index in [0.29, 0.717) is 34.1 Å². The van der Waals surface area contributed by atoms with Gasteiger partial charge in [0.2, 0.25) is 0 Å². The third kappa shape index (κ3) is 5.52. The largest absolute Gasteiger partial charge is 0.507 e. The van der Waals surface area contributed by atoms with Gasteiger partial charge in [-0.3, -0.25) is 4.79 Å². The van der Waals surface area contributed by atoms with Gasteiger partial charge in [-0.15, -0.1) is 0 Å². The Labute approximate surface area is 220 Å². The Kier molecular flexibility index (Phi) is 6.97. The van der Waals surface area contributed by atoms with Crippen molar-refractivity contribution in [1.29, 1.82) is 0 Å². The lowest BCUT2D eigenvalue weighted by molar-refractivity contribution is 0.102. The van der Waals surface area contributed by atoms with E-state index in [-0.39, 0.29) is 23.6 Å². The molecule has 1 aromatic heterocycles. The number of carbonyl (C=O) groups is 2. The van der Waals surface area contributed by atoms with Gasteiger partial charge in [-0.25, -0.2) is 4.79 Å². The molecule has 0 spiro atoms. The van der Waals surface area contributed by atoms with Crippen LogP contribution < -0.4 is 10.6 Å². The number of aryl methyl sites for hydroxylation is 1. The van der Waals surface area contributed by atoms with Crippen LogP contribution in [0.1, 0.15) is 52.4 Å². The molecule has 1 aliphatic rings. The summed E-state index contributed by atoms with van der Waals surface area (Å²) < 4.78 is 1.42. The molecule has 0 bridgehead atoms. The first-order valence-electron chi connectivity index (χ1n) is 12.2. The number of aromatic nitrogens is 2. The molecule has 0 saturated heterocycles. The fourth-order valence-corrected chi connectivity index (χ4v) is 4.52. The van der Waals surface area contributed by atoms with E-state index < -0.39 is 0 Å². The summed E-state index contributed by atoms with van der Waals surface area (Å²) in [6.45, 7) is 2.41. The number of nitrogens with zero attached hydrogens (tertiary/aromatic N) is 2. The number of amides is 2. The number of nitrogens with one attached hydrogen (secondary N) is 2. The Morgan fingerprint density at radius 3 is 2.51 bits per heavy atom. The van der Waals surface area contributed by atoms with E-state index in [1.807, 2.05) is 37.3 Å². The van der Waals surface area contributed by atoms with Crippen molar-refractivity contribution in [3.63, 3.8) is 0 Å². The zero-order valence-corrected chi connectivity index (χ0v) is 21.1. The van der Waals surface area contributed by atoms with E-state index >= 15 is 0 Å². The lowest BCUT2D eigenvalue weighted by Crippen LogP contribution is -2.31. The van der Waals surface area contributed by atoms with Crippen LogP contribution in [0, 0.1) is 6.92 Å². The van der Waals surface area contributed by atoms with E-state index in [1.54, 1.807) is 36.4 Å². The number of benzene rings is 3. The molecule has 188 valence electrons. The molecule has 1 fully saturated rings. The zero-order valence-electron chi connectivity index (χ0n) is 20.4. The number of aromatic hydroxyl groups is 1. The van der Waals surface area contributed by atoms with E-state index in [0.717, 1.165) is 36.1 Å². The number of hydrogen-bond donors (Lipinski definition) is 3. The second-order valence-electron chi connectivity index (χ2n) is 9.33. The van der Waals surface area contributed by atoms with Crippen LogP contribution in [0.5, 0.6) is 5.75 Å². The molecule has 4 aromatic rings. The number of phenolic OH excluding ortho intramolecular Hbond substituents is 1. The smallest absolute Gasteiger partial charge is 0.342 e. The van der Waals surface area contributed by atoms with E-state index in [4.69, 9.17) is 11.6 Å². The molecule has 37 heavy (non-hydrogen) atoms. The van der Waals surface area contributed by atoms with Gasteiger partial charge in [0.05, 0.1) is 11.4 Å². The second-order valence-corrected chi connectivity index (χ2v) is 9.77. The van der Waals surface area contributed by atoms with Gasteiger partial charge in [-0.05, 0) is 67.8 Å². The minimum atomic E-state index is -0.314. The summed E-state index contributed by atoms with van der Waals surface area (Å²) in [5.41, 5.74) is 4.86. The first-order chi connectivity index (χ1) is 17.9. The molecule has 1 saturated carbocycles. The molecule has 0 aliphatic heterocycles. The van der Waals surface area contributed by atoms with Crippen LogP contribution in [-0.4, -0.2) is 26.8 Å². The van der Waals surface area contributed by atoms with Crippen LogP contribution in [0.25, 0.3) is 11.3 Å². The van der Waals surface area contributed by atoms with Gasteiger partial charge in [0.1, 0.15) is 5.75 Å². The van der Waals surface area contributed by atoms with Crippen molar-refractivity contribution in [1.82, 2.24) is 15.1 Å². The number of phenols is 1. The fourth-order valence-electron chi connectivity index (χ4n) is 4.39. The van der Waals surface area contributed by atoms with Crippen LogP contribution in [-0.2, 0) is 6.54 Å². The van der Waals surface area contributed by atoms with Gasteiger partial charge >= 0.3 is 6.03 Å². The number of hydrogen-bond acceptors (Lipinski definition) is 4. The molecule has 0 atom stereocenters. The van der Waals surface area contributed by atoms with Gasteiger partial charge in [-0.1, -0.05) is 47.9 Å². The van der Waals surface area contributed by atoms with Gasteiger partial charge in [-0.2, -0.15) is 9.78 Å². The Bertz CT molecular complexity index is 1460. The Morgan fingerprint density at radius 2 is 1.84 bits per heavy atom. The summed E-state index contributed by atoms with van der Waals surface area (Å²) in [4.78, 5) is 25.6. The van der Waals surface area contributed by atoms with E-state index in [2.05, 4.69) is 15.7 Å². The standard InChI is InChI=1S/C29H27ClN4O3/c1-18-4-2-5-19(14-18)17-31-29(37)34-26(20-6-3-7-20)16-25(33-34)24-13-12-23(15-27(24)35)32-28(36)21-8-10-22(30)11-9-21/h2,4-5,8-16,20,35H,3,6-7,17H2,1H3,(H,31,37)(H,32,36). The summed E-state index contributed by atoms with van der Waals surface area (Å²) in [6.07, 6.45) is 3.11. The quantitative estimate of drug-likeness (QED) is 0.274. The van der Waals surface area contributed by atoms with E-state index in [9.17, 15) is 14.7 Å². The normalized spacial score (nSPS) is 13.1. The molecule has 0 radical (unpaired) electrons. The first kappa shape index (κ1) is 24.6. The first-order valence-corrected chi connectivity index (χ1v) is 12.6. The third-order valence-electron chi connectivity index (χ3n) is 6.62. The second kappa shape index (κ2) is 10.5. The molecule has 5 rings (SSSR count). The van der Waals surface area contributed by atoms with Crippen LogP contribution >= 0.6 is 11.6 Å². The maximum atomic E-state index is 13.1. The average Bonchev–Trinajstić information content (AvgIpc) is 3.26. The van der Waals surface area contributed by atoms with Crippen molar-refractivity contribution >= 4 is 29.2 Å². The minimum absolute atomic E-state index is 0.0427. The van der Waals surface area contributed by atoms with Crippen LogP contribution in [0.3, 0.4) is 0 Å². The Hall–Kier alpha value is -4.10. The van der Waals surface area contributed by atoms with Crippen LogP contribution in [0.2, 0.25) is 5.02 Å². The highest BCUT2D eigenvalue weighted by atomic mass is 35.5. The molecule has 1 aliphatic carbocycles. The van der Waals surface area contributed by atoms with Crippen LogP contribution in [0.4, 0.5) is 10.5 Å². The molecule has 8 heteroatoms. The van der Waals surface area contributed by atoms with Crippen molar-refractivity contribution in [2.24, 2.45) is 0 Å². The van der Waals surface area contributed by atoms with Crippen molar-refractivity contribution in [3.05, 3.63) is 100 Å². The summed E-state index contributed by atoms with van der Waals surface area (Å²) >= 11 is 5.89. The van der Waals surface area contributed by atoms with Crippen molar-refractivity contribution in [2.45, 2.75) is 38.6 Å². The number of anilines is 1. The Morgan fingerprint density at radius 1 is 1.05 bits per heavy atom. The molecule has 7 nitrogen and oxygen atoms in total. The lowest BCUT2D eigenvalue weighted by atomic mass is 9.82. The minimum Gasteiger partial charge on any atom is -0.507 e. The summed E-state index contributed by atoms with van der Waals surface area (Å²) in [5, 5.41) is 21.6. The maximum absolute atomic E-state index is 13.1. The van der Waals surface area contributed by atoms with Crippen molar-refractivity contribution in [2.75, 3.05) is 5.32 Å². The van der Waals surface area contributed by atoms with Crippen LogP contribution in [0.15, 0.2) is 72.8 Å². The highest BCUT2D eigenvalue weighted by Crippen LogP contribution is 2.39. The van der Waals surface area contributed by atoms with Gasteiger partial charge < -0.3 is 15.7 Å². The van der Waals surface area contributed by atoms with Crippen molar-refractivity contribution < 1.29 is 14.7 Å². The predicted octanol–water partition coefficient (Wildman–Crippen LogP) is 6.50. The highest BCUT2D eigenvalue weighted by molar-refractivity contribution is 6.30. The third-order valence-corrected chi connectivity index (χ3v) is 6.87. The monoisotopic (exact) mass is 514 g/mol. The Balaban J connectivity index is 1.35. The molecule has 3 N–H and O–H groups in total. The number of halogens is 1. The van der Waals surface area contributed by atoms with Gasteiger partial charge in [0, 0.05) is 40.4 Å². The zero-order chi connectivity index (χ0) is 25.9. The molecule has 3 aromatic carbocycles. The van der Waals surface area contributed by atoms with Gasteiger partial charge in [0.25, 0.3) is 5.91 Å². The highest BCUT2D eigenvalue weighted by Gasteiger charge is 2.27. The molecule has 1 heterocycles. The summed E-state index contributed by atoms with van der Waals surface area (Å²) in [7, 11) is 0. The average molecular weight is 515 g/mol.